The van der Waals surface area contributed by atoms with E-state index in [1.54, 1.807) is 0 Å². The van der Waals surface area contributed by atoms with Crippen molar-refractivity contribution in [2.24, 2.45) is 0 Å². The maximum Gasteiger partial charge on any atom is 0.435 e. The highest BCUT2D eigenvalue weighted by atomic mass is 19.4. The van der Waals surface area contributed by atoms with E-state index in [0.29, 0.717) is 4.68 Å². The van der Waals surface area contributed by atoms with E-state index in [9.17, 15) is 35.5 Å². The van der Waals surface area contributed by atoms with E-state index in [4.69, 9.17) is 0 Å². The number of rotatable bonds is 4. The molecule has 1 aromatic heterocycles. The van der Waals surface area contributed by atoms with Crippen molar-refractivity contribution >= 4 is 5.78 Å². The first-order valence-electron chi connectivity index (χ1n) is 6.36. The molecule has 0 aliphatic heterocycles. The van der Waals surface area contributed by atoms with E-state index in [1.807, 2.05) is 0 Å². The summed E-state index contributed by atoms with van der Waals surface area (Å²) >= 11 is 0. The zero-order chi connectivity index (χ0) is 16.7. The van der Waals surface area contributed by atoms with Crippen molar-refractivity contribution in [3.8, 4) is 0 Å². The Labute approximate surface area is 120 Å². The Balaban J connectivity index is 2.45. The monoisotopic (exact) mass is 332 g/mol. The van der Waals surface area contributed by atoms with Gasteiger partial charge < -0.3 is 0 Å². The lowest BCUT2D eigenvalue weighted by Gasteiger charge is -2.18. The second-order valence-electron chi connectivity index (χ2n) is 4.91. The molecule has 1 aliphatic carbocycles. The highest BCUT2D eigenvalue weighted by Gasteiger charge is 2.45. The molecule has 0 amide bonds. The summed E-state index contributed by atoms with van der Waals surface area (Å²) in [6.07, 6.45) is -12.7. The molecule has 0 radical (unpaired) electrons. The first-order chi connectivity index (χ1) is 10.2. The van der Waals surface area contributed by atoms with Crippen LogP contribution in [0.3, 0.4) is 0 Å². The van der Waals surface area contributed by atoms with Crippen molar-refractivity contribution in [2.75, 3.05) is 6.67 Å². The third kappa shape index (κ3) is 2.95. The normalized spacial score (nSPS) is 21.6. The average molecular weight is 332 g/mol. The van der Waals surface area contributed by atoms with Crippen LogP contribution in [0.2, 0.25) is 0 Å². The number of nitrogens with zero attached hydrogens (tertiary/aromatic N) is 2. The smallest absolute Gasteiger partial charge is 0.291 e. The Bertz CT molecular complexity index is 569. The Morgan fingerprint density at radius 1 is 1.27 bits per heavy atom. The lowest BCUT2D eigenvalue weighted by molar-refractivity contribution is -0.141. The maximum atomic E-state index is 13.4. The van der Waals surface area contributed by atoms with E-state index in [-0.39, 0.29) is 18.5 Å². The Morgan fingerprint density at radius 2 is 1.91 bits per heavy atom. The van der Waals surface area contributed by atoms with Gasteiger partial charge in [0.15, 0.2) is 24.2 Å². The molecular weight excluding hydrogens is 321 g/mol. The molecule has 10 heteroatoms. The van der Waals surface area contributed by atoms with Gasteiger partial charge in [-0.1, -0.05) is 0 Å². The van der Waals surface area contributed by atoms with E-state index in [0.717, 1.165) is 0 Å². The number of aromatic nitrogens is 2. The zero-order valence-electron chi connectivity index (χ0n) is 11.0. The number of carbonyl (C=O) groups excluding carboxylic acids is 1. The third-order valence-electron chi connectivity index (χ3n) is 3.38. The lowest BCUT2D eigenvalue weighted by Crippen LogP contribution is -2.29. The molecule has 0 bridgehead atoms. The van der Waals surface area contributed by atoms with E-state index in [1.165, 1.54) is 0 Å². The molecule has 0 fully saturated rings. The van der Waals surface area contributed by atoms with Crippen molar-refractivity contribution in [1.29, 1.82) is 0 Å². The van der Waals surface area contributed by atoms with Gasteiger partial charge >= 0.3 is 6.18 Å². The van der Waals surface area contributed by atoms with Gasteiger partial charge in [-0.25, -0.2) is 17.6 Å². The van der Waals surface area contributed by atoms with Crippen LogP contribution in [0, 0.1) is 0 Å². The van der Waals surface area contributed by atoms with Gasteiger partial charge in [-0.05, 0) is 12.8 Å². The minimum atomic E-state index is -5.04. The number of alkyl halides is 7. The minimum absolute atomic E-state index is 0.273. The molecule has 0 spiro atoms. The van der Waals surface area contributed by atoms with Crippen LogP contribution in [0.1, 0.15) is 28.2 Å². The van der Waals surface area contributed by atoms with Gasteiger partial charge in [-0.2, -0.15) is 18.3 Å². The molecule has 2 rings (SSSR count). The number of hydrogen-bond acceptors (Lipinski definition) is 2. The summed E-state index contributed by atoms with van der Waals surface area (Å²) in [6, 6.07) is 0. The van der Waals surface area contributed by atoms with Crippen LogP contribution in [0.5, 0.6) is 0 Å². The molecule has 124 valence electrons. The number of hydrogen-bond donors (Lipinski definition) is 0. The predicted molar refractivity (Wildman–Crippen MR) is 60.5 cm³/mol. The molecular formula is C12H11F7N2O. The maximum absolute atomic E-state index is 13.4. The number of Topliss-reactive ketones (excluding diaryl/α,β-unsaturated/α-hetero) is 1. The molecule has 3 atom stereocenters. The van der Waals surface area contributed by atoms with Crippen LogP contribution in [0.15, 0.2) is 0 Å². The molecule has 0 N–H and O–H groups in total. The first-order valence-corrected chi connectivity index (χ1v) is 6.36. The number of carbonyl (C=O) groups is 1. The molecule has 22 heavy (non-hydrogen) atoms. The van der Waals surface area contributed by atoms with Crippen molar-refractivity contribution in [3.63, 3.8) is 0 Å². The summed E-state index contributed by atoms with van der Waals surface area (Å²) in [5.41, 5.74) is -2.88. The van der Waals surface area contributed by atoms with Crippen molar-refractivity contribution in [1.82, 2.24) is 9.78 Å². The molecule has 0 aromatic carbocycles. The second kappa shape index (κ2) is 5.88. The standard InChI is InChI=1S/C12H11F7N2O/c13-3-6(15)7(16)4-21-8-2-1-5(14)10(22)9(8)11(20-21)12(17,18)19/h5-7H,1-4H2. The van der Waals surface area contributed by atoms with Crippen LogP contribution in [0.25, 0.3) is 0 Å². The fourth-order valence-electron chi connectivity index (χ4n) is 2.29. The van der Waals surface area contributed by atoms with Gasteiger partial charge in [0.25, 0.3) is 0 Å². The summed E-state index contributed by atoms with van der Waals surface area (Å²) in [5.74, 6) is -1.38. The van der Waals surface area contributed by atoms with Gasteiger partial charge in [-0.15, -0.1) is 0 Å². The fourth-order valence-corrected chi connectivity index (χ4v) is 2.29. The highest BCUT2D eigenvalue weighted by molar-refractivity contribution is 6.02. The van der Waals surface area contributed by atoms with Crippen molar-refractivity contribution in [3.05, 3.63) is 17.0 Å². The largest absolute Gasteiger partial charge is 0.435 e. The molecule has 3 unspecified atom stereocenters. The zero-order valence-corrected chi connectivity index (χ0v) is 11.0. The van der Waals surface area contributed by atoms with Gasteiger partial charge in [0, 0.05) is 0 Å². The summed E-state index contributed by atoms with van der Waals surface area (Å²) in [6.45, 7) is -2.62. The third-order valence-corrected chi connectivity index (χ3v) is 3.38. The van der Waals surface area contributed by atoms with E-state index >= 15 is 0 Å². The summed E-state index contributed by atoms with van der Waals surface area (Å²) in [4.78, 5) is 11.6. The summed E-state index contributed by atoms with van der Waals surface area (Å²) in [7, 11) is 0. The SMILES string of the molecule is O=C1c2c(C(F)(F)F)nn(CC(F)C(F)CF)c2CCC1F. The minimum Gasteiger partial charge on any atom is -0.291 e. The predicted octanol–water partition coefficient (Wildman–Crippen LogP) is 3.01. The fraction of sp³-hybridized carbons (Fsp3) is 0.667. The van der Waals surface area contributed by atoms with Crippen LogP contribution >= 0.6 is 0 Å². The number of halogens is 7. The van der Waals surface area contributed by atoms with Gasteiger partial charge in [-0.3, -0.25) is 9.48 Å². The van der Waals surface area contributed by atoms with Crippen LogP contribution in [-0.2, 0) is 19.1 Å². The van der Waals surface area contributed by atoms with Crippen LogP contribution in [0.4, 0.5) is 30.7 Å². The van der Waals surface area contributed by atoms with Gasteiger partial charge in [0.1, 0.15) is 6.67 Å². The Morgan fingerprint density at radius 3 is 2.45 bits per heavy atom. The number of fused-ring (bicyclic) bond motifs is 1. The van der Waals surface area contributed by atoms with E-state index in [2.05, 4.69) is 5.10 Å². The lowest BCUT2D eigenvalue weighted by atomic mass is 9.92. The second-order valence-corrected chi connectivity index (χ2v) is 4.91. The topological polar surface area (TPSA) is 34.9 Å². The molecule has 1 aliphatic rings. The summed E-state index contributed by atoms with van der Waals surface area (Å²) < 4.78 is 90.8. The highest BCUT2D eigenvalue weighted by Crippen LogP contribution is 2.36. The van der Waals surface area contributed by atoms with Crippen LogP contribution in [-0.4, -0.2) is 40.8 Å². The van der Waals surface area contributed by atoms with Crippen molar-refractivity contribution in [2.45, 2.75) is 44.1 Å². The van der Waals surface area contributed by atoms with Crippen molar-refractivity contribution < 1.29 is 35.5 Å². The van der Waals surface area contributed by atoms with Gasteiger partial charge in [0.2, 0.25) is 5.78 Å². The molecule has 0 saturated heterocycles. The molecule has 3 nitrogen and oxygen atoms in total. The van der Waals surface area contributed by atoms with E-state index < -0.39 is 55.0 Å². The Kier molecular flexibility index (Phi) is 4.48. The number of ketones is 1. The van der Waals surface area contributed by atoms with Crippen LogP contribution < -0.4 is 0 Å². The average Bonchev–Trinajstić information content (AvgIpc) is 2.81. The molecule has 1 heterocycles. The first kappa shape index (κ1) is 16.8. The quantitative estimate of drug-likeness (QED) is 0.795. The van der Waals surface area contributed by atoms with Gasteiger partial charge in [0.05, 0.1) is 17.8 Å². The Hall–Kier alpha value is -1.61. The molecule has 0 saturated carbocycles. The summed E-state index contributed by atoms with van der Waals surface area (Å²) in [5, 5.41) is 3.08. The molecule has 1 aromatic rings.